The maximum atomic E-state index is 13.4. The average Bonchev–Trinajstić information content (AvgIpc) is 3.03. The van der Waals surface area contributed by atoms with E-state index in [0.717, 1.165) is 10.4 Å². The molecule has 2 aromatic heterocycles. The lowest BCUT2D eigenvalue weighted by Crippen LogP contribution is -2.22. The van der Waals surface area contributed by atoms with Gasteiger partial charge in [0.05, 0.1) is 16.8 Å². The van der Waals surface area contributed by atoms with Gasteiger partial charge in [-0.3, -0.25) is 9.36 Å². The minimum absolute atomic E-state index is 0.149. The third kappa shape index (κ3) is 4.68. The molecule has 2 heterocycles. The first-order chi connectivity index (χ1) is 14.9. The molecule has 0 aliphatic carbocycles. The maximum absolute atomic E-state index is 13.4. The van der Waals surface area contributed by atoms with Crippen LogP contribution in [0.1, 0.15) is 10.4 Å². The molecule has 0 aliphatic heterocycles. The molecule has 0 N–H and O–H groups in total. The van der Waals surface area contributed by atoms with Gasteiger partial charge < -0.3 is 4.18 Å². The van der Waals surface area contributed by atoms with E-state index in [2.05, 4.69) is 0 Å². The molecule has 0 unspecified atom stereocenters. The molecule has 0 fully saturated rings. The van der Waals surface area contributed by atoms with E-state index >= 15 is 0 Å². The van der Waals surface area contributed by atoms with E-state index in [4.69, 9.17) is 9.17 Å². The van der Waals surface area contributed by atoms with Gasteiger partial charge in [0.15, 0.2) is 5.16 Å². The zero-order valence-electron chi connectivity index (χ0n) is 16.9. The number of rotatable bonds is 7. The fourth-order valence-electron chi connectivity index (χ4n) is 3.08. The van der Waals surface area contributed by atoms with Gasteiger partial charge in [-0.15, -0.1) is 11.3 Å². The van der Waals surface area contributed by atoms with Crippen LogP contribution in [0, 0.1) is 13.8 Å². The summed E-state index contributed by atoms with van der Waals surface area (Å²) >= 11 is 2.69. The summed E-state index contributed by atoms with van der Waals surface area (Å²) in [5, 5.41) is 1.07. The van der Waals surface area contributed by atoms with Crippen molar-refractivity contribution in [3.8, 4) is 11.4 Å². The Bertz CT molecular complexity index is 1380. The zero-order chi connectivity index (χ0) is 22.0. The number of fused-ring (bicyclic) bond motifs is 1. The van der Waals surface area contributed by atoms with E-state index in [1.54, 1.807) is 34.9 Å². The molecule has 0 amide bonds. The van der Waals surface area contributed by atoms with Crippen LogP contribution in [0.3, 0.4) is 0 Å². The monoisotopic (exact) mass is 472 g/mol. The van der Waals surface area contributed by atoms with Crippen LogP contribution in [-0.2, 0) is 10.1 Å². The van der Waals surface area contributed by atoms with Crippen molar-refractivity contribution in [2.45, 2.75) is 19.0 Å². The Morgan fingerprint density at radius 2 is 1.68 bits per heavy atom. The molecule has 0 saturated heterocycles. The Kier molecular flexibility index (Phi) is 6.17. The van der Waals surface area contributed by atoms with Gasteiger partial charge in [0, 0.05) is 10.6 Å². The van der Waals surface area contributed by atoms with Crippen LogP contribution in [0.15, 0.2) is 70.6 Å². The highest BCUT2D eigenvalue weighted by atomic mass is 32.2. The molecule has 0 radical (unpaired) electrons. The number of hydrogen-bond donors (Lipinski definition) is 0. The molecule has 2 aromatic carbocycles. The molecule has 0 atom stereocenters. The number of thiophene rings is 1. The van der Waals surface area contributed by atoms with Crippen molar-refractivity contribution in [1.82, 2.24) is 9.55 Å². The number of nitrogens with zero attached hydrogens (tertiary/aromatic N) is 2. The number of aryl methyl sites for hydroxylation is 2. The van der Waals surface area contributed by atoms with Crippen LogP contribution >= 0.6 is 23.1 Å². The van der Waals surface area contributed by atoms with Crippen molar-refractivity contribution in [3.05, 3.63) is 81.5 Å². The summed E-state index contributed by atoms with van der Waals surface area (Å²) in [7, 11) is -3.77. The highest BCUT2D eigenvalue weighted by molar-refractivity contribution is 8.00. The van der Waals surface area contributed by atoms with Crippen LogP contribution < -0.4 is 9.74 Å². The lowest BCUT2D eigenvalue weighted by molar-refractivity contribution is 0.488. The van der Waals surface area contributed by atoms with Gasteiger partial charge >= 0.3 is 10.1 Å². The quantitative estimate of drug-likeness (QED) is 0.223. The van der Waals surface area contributed by atoms with Gasteiger partial charge in [0.1, 0.15) is 10.6 Å². The van der Waals surface area contributed by atoms with Crippen molar-refractivity contribution >= 4 is 43.4 Å². The van der Waals surface area contributed by atoms with Gasteiger partial charge in [-0.05, 0) is 43.7 Å². The van der Waals surface area contributed by atoms with Crippen molar-refractivity contribution in [2.75, 3.05) is 11.5 Å². The van der Waals surface area contributed by atoms with Crippen LogP contribution in [0.4, 0.5) is 0 Å². The van der Waals surface area contributed by atoms with Gasteiger partial charge in [-0.25, -0.2) is 4.98 Å². The first kappa shape index (κ1) is 21.6. The summed E-state index contributed by atoms with van der Waals surface area (Å²) < 4.78 is 31.4. The Morgan fingerprint density at radius 3 is 2.35 bits per heavy atom. The largest absolute Gasteiger partial charge is 0.382 e. The Morgan fingerprint density at radius 1 is 1.03 bits per heavy atom. The zero-order valence-corrected chi connectivity index (χ0v) is 19.4. The average molecular weight is 473 g/mol. The summed E-state index contributed by atoms with van der Waals surface area (Å²) in [6.07, 6.45) is 0. The molecule has 0 spiro atoms. The normalized spacial score (nSPS) is 11.7. The summed E-state index contributed by atoms with van der Waals surface area (Å²) in [4.78, 5) is 19.8. The van der Waals surface area contributed by atoms with Gasteiger partial charge in [0.2, 0.25) is 0 Å². The minimum Gasteiger partial charge on any atom is -0.382 e. The minimum atomic E-state index is -3.77. The molecule has 0 saturated carbocycles. The van der Waals surface area contributed by atoms with E-state index in [-0.39, 0.29) is 22.8 Å². The Balaban J connectivity index is 1.65. The third-order valence-corrected chi connectivity index (χ3v) is 8.17. The van der Waals surface area contributed by atoms with Gasteiger partial charge in [0.25, 0.3) is 5.56 Å². The van der Waals surface area contributed by atoms with E-state index in [0.29, 0.717) is 21.1 Å². The molecular formula is C22H20N2O4S3. The first-order valence-corrected chi connectivity index (χ1v) is 12.9. The standard InChI is InChI=1S/C22H20N2O4S3/c1-15-16(2)30-20-19(15)21(25)24(17-9-5-3-6-10-17)22(23-20)29-13-14-31(26,27)28-18-11-7-4-8-12-18/h3-12H,13-14H2,1-2H3. The van der Waals surface area contributed by atoms with Crippen molar-refractivity contribution < 1.29 is 12.6 Å². The second kappa shape index (κ2) is 8.86. The second-order valence-electron chi connectivity index (χ2n) is 6.84. The lowest BCUT2D eigenvalue weighted by Gasteiger charge is -2.12. The smallest absolute Gasteiger partial charge is 0.310 e. The van der Waals surface area contributed by atoms with Gasteiger partial charge in [-0.1, -0.05) is 48.2 Å². The molecular weight excluding hydrogens is 452 g/mol. The summed E-state index contributed by atoms with van der Waals surface area (Å²) in [6, 6.07) is 17.6. The van der Waals surface area contributed by atoms with Crippen LogP contribution in [-0.4, -0.2) is 29.5 Å². The van der Waals surface area contributed by atoms with Crippen molar-refractivity contribution in [2.24, 2.45) is 0 Å². The molecule has 6 nitrogen and oxygen atoms in total. The number of thioether (sulfide) groups is 1. The first-order valence-electron chi connectivity index (χ1n) is 9.54. The van der Waals surface area contributed by atoms with Crippen LogP contribution in [0.25, 0.3) is 15.9 Å². The highest BCUT2D eigenvalue weighted by Gasteiger charge is 2.19. The van der Waals surface area contributed by atoms with Crippen molar-refractivity contribution in [1.29, 1.82) is 0 Å². The van der Waals surface area contributed by atoms with E-state index in [1.807, 2.05) is 44.2 Å². The number of para-hydroxylation sites is 2. The maximum Gasteiger partial charge on any atom is 0.310 e. The van der Waals surface area contributed by atoms with E-state index in [1.165, 1.54) is 23.1 Å². The third-order valence-electron chi connectivity index (χ3n) is 4.72. The van der Waals surface area contributed by atoms with Crippen LogP contribution in [0.2, 0.25) is 0 Å². The molecule has 4 aromatic rings. The predicted molar refractivity (Wildman–Crippen MR) is 126 cm³/mol. The number of hydrogen-bond acceptors (Lipinski definition) is 7. The number of benzene rings is 2. The van der Waals surface area contributed by atoms with Gasteiger partial charge in [-0.2, -0.15) is 8.42 Å². The summed E-state index contributed by atoms with van der Waals surface area (Å²) in [6.45, 7) is 3.89. The second-order valence-corrected chi connectivity index (χ2v) is 10.8. The van der Waals surface area contributed by atoms with Crippen molar-refractivity contribution in [3.63, 3.8) is 0 Å². The lowest BCUT2D eigenvalue weighted by atomic mass is 10.2. The molecule has 160 valence electrons. The molecule has 31 heavy (non-hydrogen) atoms. The predicted octanol–water partition coefficient (Wildman–Crippen LogP) is 4.56. The van der Waals surface area contributed by atoms with E-state index in [9.17, 15) is 13.2 Å². The highest BCUT2D eigenvalue weighted by Crippen LogP contribution is 2.29. The van der Waals surface area contributed by atoms with E-state index < -0.39 is 10.1 Å². The molecule has 0 bridgehead atoms. The topological polar surface area (TPSA) is 78.3 Å². The molecule has 0 aliphatic rings. The van der Waals surface area contributed by atoms with Crippen LogP contribution in [0.5, 0.6) is 5.75 Å². The fourth-order valence-corrected chi connectivity index (χ4v) is 6.45. The SMILES string of the molecule is Cc1sc2nc(SCCS(=O)(=O)Oc3ccccc3)n(-c3ccccc3)c(=O)c2c1C. The Hall–Kier alpha value is -2.62. The Labute approximate surface area is 188 Å². The number of aromatic nitrogens is 2. The molecule has 9 heteroatoms. The molecule has 4 rings (SSSR count). The summed E-state index contributed by atoms with van der Waals surface area (Å²) in [5.74, 6) is 0.263. The fraction of sp³-hybridized carbons (Fsp3) is 0.182. The summed E-state index contributed by atoms with van der Waals surface area (Å²) in [5.41, 5.74) is 1.47.